The van der Waals surface area contributed by atoms with E-state index in [1.165, 1.54) is 0 Å². The molecule has 0 spiro atoms. The average Bonchev–Trinajstić information content (AvgIpc) is 2.84. The maximum absolute atomic E-state index is 13.0. The third kappa shape index (κ3) is 5.07. The van der Waals surface area contributed by atoms with Crippen LogP contribution in [0.25, 0.3) is 0 Å². The lowest BCUT2D eigenvalue weighted by Gasteiger charge is -2.26. The van der Waals surface area contributed by atoms with Crippen LogP contribution in [-0.4, -0.2) is 44.5 Å². The molecule has 1 aliphatic heterocycles. The molecule has 0 aliphatic carbocycles. The van der Waals surface area contributed by atoms with Gasteiger partial charge >= 0.3 is 5.97 Å². The number of rotatable bonds is 7. The van der Waals surface area contributed by atoms with Crippen molar-refractivity contribution in [1.29, 1.82) is 0 Å². The Morgan fingerprint density at radius 3 is 2.48 bits per heavy atom. The molecule has 2 atom stereocenters. The van der Waals surface area contributed by atoms with Gasteiger partial charge in [-0.1, -0.05) is 42.5 Å². The lowest BCUT2D eigenvalue weighted by molar-refractivity contribution is 0.0252. The molecule has 1 amide bonds. The Bertz CT molecular complexity index is 1130. The molecule has 0 unspecified atom stereocenters. The quantitative estimate of drug-likeness (QED) is 0.554. The van der Waals surface area contributed by atoms with Crippen molar-refractivity contribution in [2.45, 2.75) is 18.6 Å². The van der Waals surface area contributed by atoms with Crippen LogP contribution in [0.1, 0.15) is 49.6 Å². The molecule has 0 bridgehead atoms. The van der Waals surface area contributed by atoms with Gasteiger partial charge in [0.2, 0.25) is 0 Å². The van der Waals surface area contributed by atoms with Crippen molar-refractivity contribution in [3.05, 3.63) is 101 Å². The van der Waals surface area contributed by atoms with E-state index in [1.807, 2.05) is 68.7 Å². The number of amides is 1. The van der Waals surface area contributed by atoms with Crippen molar-refractivity contribution in [3.8, 4) is 5.75 Å². The average molecular weight is 445 g/mol. The summed E-state index contributed by atoms with van der Waals surface area (Å²) in [5, 5.41) is 3.04. The lowest BCUT2D eigenvalue weighted by atomic mass is 9.93. The highest BCUT2D eigenvalue weighted by Gasteiger charge is 2.28. The molecule has 6 heteroatoms. The van der Waals surface area contributed by atoms with Gasteiger partial charge < -0.3 is 19.7 Å². The molecule has 3 aromatic rings. The van der Waals surface area contributed by atoms with Gasteiger partial charge in [0.25, 0.3) is 5.91 Å². The molecule has 0 fully saturated rings. The van der Waals surface area contributed by atoms with Crippen molar-refractivity contribution in [2.24, 2.45) is 0 Å². The fourth-order valence-corrected chi connectivity index (χ4v) is 4.11. The normalized spacial score (nSPS) is 16.0. The predicted octanol–water partition coefficient (Wildman–Crippen LogP) is 4.18. The van der Waals surface area contributed by atoms with Crippen LogP contribution in [0, 0.1) is 0 Å². The Balaban J connectivity index is 1.48. The SMILES string of the molecule is COc1ccc([C@H](CNC(=O)c2ccc3c(c2)C[C@H](c2ccccc2)OC3=O)N(C)C)cc1. The number of nitrogens with one attached hydrogen (secondary N) is 1. The van der Waals surface area contributed by atoms with Gasteiger partial charge in [-0.25, -0.2) is 4.79 Å². The van der Waals surface area contributed by atoms with Gasteiger partial charge in [0.1, 0.15) is 11.9 Å². The van der Waals surface area contributed by atoms with Gasteiger partial charge in [0.05, 0.1) is 18.7 Å². The van der Waals surface area contributed by atoms with E-state index < -0.39 is 0 Å². The Kier molecular flexibility index (Phi) is 6.75. The highest BCUT2D eigenvalue weighted by Crippen LogP contribution is 2.31. The van der Waals surface area contributed by atoms with E-state index in [9.17, 15) is 9.59 Å². The summed E-state index contributed by atoms with van der Waals surface area (Å²) in [4.78, 5) is 27.5. The van der Waals surface area contributed by atoms with E-state index in [0.717, 1.165) is 22.4 Å². The molecular weight excluding hydrogens is 416 g/mol. The minimum absolute atomic E-state index is 0.00919. The van der Waals surface area contributed by atoms with E-state index >= 15 is 0 Å². The molecule has 0 saturated heterocycles. The zero-order valence-corrected chi connectivity index (χ0v) is 19.1. The predicted molar refractivity (Wildman–Crippen MR) is 126 cm³/mol. The molecule has 6 nitrogen and oxygen atoms in total. The molecule has 33 heavy (non-hydrogen) atoms. The Morgan fingerprint density at radius 1 is 1.09 bits per heavy atom. The fraction of sp³-hybridized carbons (Fsp3) is 0.259. The van der Waals surface area contributed by atoms with Crippen LogP contribution < -0.4 is 10.1 Å². The Hall–Kier alpha value is -3.64. The van der Waals surface area contributed by atoms with Crippen LogP contribution in [-0.2, 0) is 11.2 Å². The maximum Gasteiger partial charge on any atom is 0.339 e. The van der Waals surface area contributed by atoms with Gasteiger partial charge in [-0.15, -0.1) is 0 Å². The first-order chi connectivity index (χ1) is 16.0. The van der Waals surface area contributed by atoms with Crippen molar-refractivity contribution >= 4 is 11.9 Å². The van der Waals surface area contributed by atoms with Gasteiger partial charge in [-0.3, -0.25) is 4.79 Å². The minimum Gasteiger partial charge on any atom is -0.497 e. The van der Waals surface area contributed by atoms with E-state index in [-0.39, 0.29) is 24.0 Å². The zero-order chi connectivity index (χ0) is 23.4. The summed E-state index contributed by atoms with van der Waals surface area (Å²) in [6, 6.07) is 22.7. The number of nitrogens with zero attached hydrogens (tertiary/aromatic N) is 1. The summed E-state index contributed by atoms with van der Waals surface area (Å²) in [6.07, 6.45) is 0.191. The topological polar surface area (TPSA) is 67.9 Å². The highest BCUT2D eigenvalue weighted by atomic mass is 16.5. The van der Waals surface area contributed by atoms with Gasteiger partial charge in [-0.2, -0.15) is 0 Å². The van der Waals surface area contributed by atoms with E-state index in [1.54, 1.807) is 25.3 Å². The number of carbonyl (C=O) groups excluding carboxylic acids is 2. The Labute approximate surface area is 194 Å². The molecule has 170 valence electrons. The van der Waals surface area contributed by atoms with Gasteiger partial charge in [0, 0.05) is 18.5 Å². The number of fused-ring (bicyclic) bond motifs is 1. The number of benzene rings is 3. The number of cyclic esters (lactones) is 1. The molecule has 0 radical (unpaired) electrons. The first-order valence-electron chi connectivity index (χ1n) is 10.9. The van der Waals surface area contributed by atoms with E-state index in [0.29, 0.717) is 24.1 Å². The maximum atomic E-state index is 13.0. The summed E-state index contributed by atoms with van der Waals surface area (Å²) < 4.78 is 10.9. The van der Waals surface area contributed by atoms with Crippen LogP contribution in [0.2, 0.25) is 0 Å². The summed E-state index contributed by atoms with van der Waals surface area (Å²) in [5.41, 5.74) is 3.90. The number of esters is 1. The lowest BCUT2D eigenvalue weighted by Crippen LogP contribution is -2.34. The third-order valence-electron chi connectivity index (χ3n) is 5.99. The second-order valence-corrected chi connectivity index (χ2v) is 8.34. The highest BCUT2D eigenvalue weighted by molar-refractivity contribution is 5.97. The molecule has 1 N–H and O–H groups in total. The van der Waals surface area contributed by atoms with E-state index in [4.69, 9.17) is 9.47 Å². The van der Waals surface area contributed by atoms with Crippen molar-refractivity contribution < 1.29 is 19.1 Å². The van der Waals surface area contributed by atoms with Crippen molar-refractivity contribution in [1.82, 2.24) is 10.2 Å². The van der Waals surface area contributed by atoms with Gasteiger partial charge in [0.15, 0.2) is 0 Å². The Morgan fingerprint density at radius 2 is 1.82 bits per heavy atom. The monoisotopic (exact) mass is 444 g/mol. The fourth-order valence-electron chi connectivity index (χ4n) is 4.11. The first kappa shape index (κ1) is 22.6. The summed E-state index contributed by atoms with van der Waals surface area (Å²) in [6.45, 7) is 0.448. The number of carbonyl (C=O) groups is 2. The van der Waals surface area contributed by atoms with Crippen LogP contribution >= 0.6 is 0 Å². The van der Waals surface area contributed by atoms with Crippen LogP contribution in [0.15, 0.2) is 72.8 Å². The number of hydrogen-bond donors (Lipinski definition) is 1. The molecule has 0 saturated carbocycles. The van der Waals surface area contributed by atoms with Crippen LogP contribution in [0.5, 0.6) is 5.75 Å². The molecule has 0 aromatic heterocycles. The molecule has 1 heterocycles. The number of likely N-dealkylation sites (N-methyl/N-ethyl adjacent to an activating group) is 1. The van der Waals surface area contributed by atoms with Crippen LogP contribution in [0.3, 0.4) is 0 Å². The summed E-state index contributed by atoms with van der Waals surface area (Å²) >= 11 is 0. The first-order valence-corrected chi connectivity index (χ1v) is 10.9. The largest absolute Gasteiger partial charge is 0.497 e. The molecular formula is C27H28N2O4. The molecule has 3 aromatic carbocycles. The molecule has 4 rings (SSSR count). The van der Waals surface area contributed by atoms with Crippen LogP contribution in [0.4, 0.5) is 0 Å². The standard InChI is InChI=1S/C27H28N2O4/c1-29(2)24(18-9-12-22(32-3)13-10-18)17-28-26(30)20-11-14-23-21(15-20)16-25(33-27(23)31)19-7-5-4-6-8-19/h4-15,24-25H,16-17H2,1-3H3,(H,28,30)/t24-,25+/m0/s1. The zero-order valence-electron chi connectivity index (χ0n) is 19.1. The smallest absolute Gasteiger partial charge is 0.339 e. The van der Waals surface area contributed by atoms with Crippen molar-refractivity contribution in [2.75, 3.05) is 27.7 Å². The molecule has 1 aliphatic rings. The second kappa shape index (κ2) is 9.88. The number of hydrogen-bond acceptors (Lipinski definition) is 5. The van der Waals surface area contributed by atoms with E-state index in [2.05, 4.69) is 10.2 Å². The second-order valence-electron chi connectivity index (χ2n) is 8.34. The van der Waals surface area contributed by atoms with Gasteiger partial charge in [-0.05, 0) is 61.1 Å². The minimum atomic E-state index is -0.357. The van der Waals surface area contributed by atoms with Crippen molar-refractivity contribution in [3.63, 3.8) is 0 Å². The third-order valence-corrected chi connectivity index (χ3v) is 5.99. The summed E-state index contributed by atoms with van der Waals surface area (Å²) in [5.74, 6) is 0.263. The summed E-state index contributed by atoms with van der Waals surface area (Å²) in [7, 11) is 5.60. The number of methoxy groups -OCH3 is 1. The number of ether oxygens (including phenoxy) is 2.